The van der Waals surface area contributed by atoms with Crippen molar-refractivity contribution in [2.24, 2.45) is 7.05 Å². The van der Waals surface area contributed by atoms with Gasteiger partial charge in [-0.15, -0.1) is 11.3 Å². The number of carbonyl (C=O) groups is 3. The molecule has 12 heteroatoms. The Morgan fingerprint density at radius 2 is 1.84 bits per heavy atom. The first-order valence-corrected chi connectivity index (χ1v) is 10.5. The second-order valence-corrected chi connectivity index (χ2v) is 7.60. The number of rotatable bonds is 8. The van der Waals surface area contributed by atoms with Crippen LogP contribution >= 0.6 is 11.3 Å². The predicted octanol–water partition coefficient (Wildman–Crippen LogP) is 2.92. The topological polar surface area (TPSA) is 137 Å². The number of aromatic nitrogens is 2. The summed E-state index contributed by atoms with van der Waals surface area (Å²) in [6.07, 6.45) is 0. The standard InChI is InChI=1S/C19H25N5O6S/c1-7-23(8-2)18(26)15-10(4)12(19(27)30-9-3)17(31-15)20-16(25)14-13(24(28)29)11(5)21-22(14)6/h7-9H2,1-6H3,(H,20,25). The minimum atomic E-state index is -0.816. The van der Waals surface area contributed by atoms with Crippen molar-refractivity contribution < 1.29 is 24.0 Å². The molecule has 0 aromatic carbocycles. The van der Waals surface area contributed by atoms with Gasteiger partial charge in [0.25, 0.3) is 11.8 Å². The summed E-state index contributed by atoms with van der Waals surface area (Å²) in [5.41, 5.74) is -0.169. The van der Waals surface area contributed by atoms with Crippen molar-refractivity contribution in [3.8, 4) is 0 Å². The normalized spacial score (nSPS) is 10.6. The lowest BCUT2D eigenvalue weighted by Gasteiger charge is -2.18. The molecule has 1 N–H and O–H groups in total. The highest BCUT2D eigenvalue weighted by molar-refractivity contribution is 7.18. The fourth-order valence-corrected chi connectivity index (χ4v) is 4.35. The van der Waals surface area contributed by atoms with E-state index in [2.05, 4.69) is 10.4 Å². The Labute approximate surface area is 183 Å². The van der Waals surface area contributed by atoms with Crippen molar-refractivity contribution in [3.63, 3.8) is 0 Å². The van der Waals surface area contributed by atoms with Gasteiger partial charge in [0.1, 0.15) is 10.7 Å². The third-order valence-electron chi connectivity index (χ3n) is 4.69. The second kappa shape index (κ2) is 9.69. The van der Waals surface area contributed by atoms with Crippen LogP contribution in [0.2, 0.25) is 0 Å². The SMILES string of the molecule is CCOC(=O)c1c(NC(=O)c2c([N+](=O)[O-])c(C)nn2C)sc(C(=O)N(CC)CC)c1C. The summed E-state index contributed by atoms with van der Waals surface area (Å²) in [6, 6.07) is 0. The van der Waals surface area contributed by atoms with Crippen LogP contribution in [0.3, 0.4) is 0 Å². The molecule has 0 radical (unpaired) electrons. The third kappa shape index (κ3) is 4.58. The van der Waals surface area contributed by atoms with E-state index in [9.17, 15) is 24.5 Å². The first-order valence-electron chi connectivity index (χ1n) is 9.67. The molecule has 2 aromatic heterocycles. The Balaban J connectivity index is 2.57. The molecule has 2 amide bonds. The van der Waals surface area contributed by atoms with Gasteiger partial charge in [0.05, 0.1) is 22.0 Å². The number of ether oxygens (including phenoxy) is 1. The Kier molecular flexibility index (Phi) is 7.50. The molecule has 2 heterocycles. The van der Waals surface area contributed by atoms with Gasteiger partial charge >= 0.3 is 11.7 Å². The van der Waals surface area contributed by atoms with Crippen LogP contribution in [0.15, 0.2) is 0 Å². The maximum absolute atomic E-state index is 12.9. The highest BCUT2D eigenvalue weighted by Gasteiger charge is 2.32. The van der Waals surface area contributed by atoms with Crippen molar-refractivity contribution in [1.82, 2.24) is 14.7 Å². The zero-order valence-corrected chi connectivity index (χ0v) is 19.1. The number of nitrogens with one attached hydrogen (secondary N) is 1. The molecule has 0 atom stereocenters. The average Bonchev–Trinajstić information content (AvgIpc) is 3.18. The van der Waals surface area contributed by atoms with Crippen LogP contribution in [-0.2, 0) is 11.8 Å². The fourth-order valence-electron chi connectivity index (χ4n) is 3.19. The van der Waals surface area contributed by atoms with Crippen molar-refractivity contribution in [3.05, 3.63) is 37.5 Å². The molecule has 0 aliphatic heterocycles. The number of aryl methyl sites for hydroxylation is 2. The molecular weight excluding hydrogens is 426 g/mol. The Bertz CT molecular complexity index is 1040. The van der Waals surface area contributed by atoms with E-state index in [1.165, 1.54) is 14.0 Å². The number of nitrogens with zero attached hydrogens (tertiary/aromatic N) is 4. The number of hydrogen-bond donors (Lipinski definition) is 1. The Hall–Kier alpha value is -3.28. The van der Waals surface area contributed by atoms with Gasteiger partial charge in [0.15, 0.2) is 0 Å². The average molecular weight is 452 g/mol. The summed E-state index contributed by atoms with van der Waals surface area (Å²) in [5.74, 6) is -1.79. The molecule has 2 rings (SSSR count). The highest BCUT2D eigenvalue weighted by atomic mass is 32.1. The van der Waals surface area contributed by atoms with Gasteiger partial charge in [-0.3, -0.25) is 24.4 Å². The summed E-state index contributed by atoms with van der Waals surface area (Å²) in [5, 5.41) is 18.0. The Morgan fingerprint density at radius 3 is 2.35 bits per heavy atom. The first-order chi connectivity index (χ1) is 14.6. The van der Waals surface area contributed by atoms with E-state index in [4.69, 9.17) is 4.74 Å². The van der Waals surface area contributed by atoms with E-state index >= 15 is 0 Å². The fraction of sp³-hybridized carbons (Fsp3) is 0.474. The van der Waals surface area contributed by atoms with Crippen molar-refractivity contribution in [2.75, 3.05) is 25.0 Å². The smallest absolute Gasteiger partial charge is 0.341 e. The van der Waals surface area contributed by atoms with Gasteiger partial charge in [0, 0.05) is 20.1 Å². The van der Waals surface area contributed by atoms with Crippen LogP contribution < -0.4 is 5.32 Å². The van der Waals surface area contributed by atoms with Gasteiger partial charge in [-0.05, 0) is 40.2 Å². The predicted molar refractivity (Wildman–Crippen MR) is 115 cm³/mol. The zero-order chi connectivity index (χ0) is 23.5. The van der Waals surface area contributed by atoms with Gasteiger partial charge < -0.3 is 15.0 Å². The largest absolute Gasteiger partial charge is 0.462 e. The molecule has 31 heavy (non-hydrogen) atoms. The van der Waals surface area contributed by atoms with Gasteiger partial charge in [0.2, 0.25) is 5.69 Å². The number of anilines is 1. The third-order valence-corrected chi connectivity index (χ3v) is 5.88. The van der Waals surface area contributed by atoms with Crippen LogP contribution in [0.25, 0.3) is 0 Å². The van der Waals surface area contributed by atoms with Crippen LogP contribution in [-0.4, -0.2) is 57.1 Å². The van der Waals surface area contributed by atoms with E-state index in [-0.39, 0.29) is 39.3 Å². The van der Waals surface area contributed by atoms with E-state index in [1.54, 1.807) is 18.7 Å². The highest BCUT2D eigenvalue weighted by Crippen LogP contribution is 2.35. The monoisotopic (exact) mass is 451 g/mol. The molecule has 11 nitrogen and oxygen atoms in total. The lowest BCUT2D eigenvalue weighted by Crippen LogP contribution is -2.30. The second-order valence-electron chi connectivity index (χ2n) is 6.58. The minimum Gasteiger partial charge on any atom is -0.462 e. The summed E-state index contributed by atoms with van der Waals surface area (Å²) in [4.78, 5) is 51.0. The van der Waals surface area contributed by atoms with Crippen LogP contribution in [0, 0.1) is 24.0 Å². The molecule has 0 aliphatic carbocycles. The van der Waals surface area contributed by atoms with E-state index < -0.39 is 22.5 Å². The molecule has 0 spiro atoms. The van der Waals surface area contributed by atoms with E-state index in [0.717, 1.165) is 16.0 Å². The quantitative estimate of drug-likeness (QED) is 0.370. The summed E-state index contributed by atoms with van der Waals surface area (Å²) >= 11 is 0.934. The first kappa shape index (κ1) is 24.0. The molecule has 0 saturated heterocycles. The molecular formula is C19H25N5O6S. The number of thiophene rings is 1. The maximum Gasteiger partial charge on any atom is 0.341 e. The number of nitro groups is 1. The molecule has 0 unspecified atom stereocenters. The lowest BCUT2D eigenvalue weighted by molar-refractivity contribution is -0.385. The van der Waals surface area contributed by atoms with Gasteiger partial charge in [-0.25, -0.2) is 4.79 Å². The number of esters is 1. The number of hydrogen-bond acceptors (Lipinski definition) is 8. The molecule has 0 fully saturated rings. The van der Waals surface area contributed by atoms with E-state index in [1.807, 2.05) is 13.8 Å². The molecule has 0 bridgehead atoms. The summed E-state index contributed by atoms with van der Waals surface area (Å²) in [6.45, 7) is 9.40. The maximum atomic E-state index is 12.9. The zero-order valence-electron chi connectivity index (χ0n) is 18.3. The van der Waals surface area contributed by atoms with Gasteiger partial charge in [-0.2, -0.15) is 5.10 Å². The molecule has 0 saturated carbocycles. The minimum absolute atomic E-state index is 0.0530. The number of amides is 2. The molecule has 2 aromatic rings. The molecule has 168 valence electrons. The van der Waals surface area contributed by atoms with Crippen molar-refractivity contribution in [2.45, 2.75) is 34.6 Å². The van der Waals surface area contributed by atoms with Crippen molar-refractivity contribution in [1.29, 1.82) is 0 Å². The van der Waals surface area contributed by atoms with Crippen LogP contribution in [0.1, 0.15) is 62.5 Å². The van der Waals surface area contributed by atoms with E-state index in [0.29, 0.717) is 18.7 Å². The van der Waals surface area contributed by atoms with Crippen LogP contribution in [0.4, 0.5) is 10.7 Å². The molecule has 0 aliphatic rings. The number of carbonyl (C=O) groups excluding carboxylic acids is 3. The van der Waals surface area contributed by atoms with Crippen molar-refractivity contribution >= 4 is 39.8 Å². The van der Waals surface area contributed by atoms with Crippen LogP contribution in [0.5, 0.6) is 0 Å². The summed E-state index contributed by atoms with van der Waals surface area (Å²) < 4.78 is 6.20. The summed E-state index contributed by atoms with van der Waals surface area (Å²) in [7, 11) is 1.41. The van der Waals surface area contributed by atoms with Gasteiger partial charge in [-0.1, -0.05) is 0 Å². The Morgan fingerprint density at radius 1 is 1.23 bits per heavy atom. The lowest BCUT2D eigenvalue weighted by atomic mass is 10.1.